The van der Waals surface area contributed by atoms with Crippen LogP contribution in [0.1, 0.15) is 16.1 Å². The van der Waals surface area contributed by atoms with Crippen LogP contribution in [-0.4, -0.2) is 28.1 Å². The summed E-state index contributed by atoms with van der Waals surface area (Å²) < 4.78 is 6.98. The molecule has 0 saturated heterocycles. The summed E-state index contributed by atoms with van der Waals surface area (Å²) >= 11 is 0. The Hall–Kier alpha value is -3.28. The van der Waals surface area contributed by atoms with Crippen LogP contribution in [0.5, 0.6) is 0 Å². The molecule has 0 radical (unpaired) electrons. The first-order chi connectivity index (χ1) is 11.0. The lowest BCUT2D eigenvalue weighted by Crippen LogP contribution is -2.40. The Morgan fingerprint density at radius 1 is 1.30 bits per heavy atom. The van der Waals surface area contributed by atoms with Gasteiger partial charge in [0.1, 0.15) is 11.9 Å². The molecule has 1 amide bonds. The Bertz CT molecular complexity index is 870. The van der Waals surface area contributed by atoms with E-state index in [0.29, 0.717) is 0 Å². The predicted octanol–water partition coefficient (Wildman–Crippen LogP) is -0.609. The second-order valence-corrected chi connectivity index (χ2v) is 4.70. The highest BCUT2D eigenvalue weighted by atomic mass is 16.3. The summed E-state index contributed by atoms with van der Waals surface area (Å²) in [7, 11) is 2.76. The van der Waals surface area contributed by atoms with Crippen LogP contribution in [0.15, 0.2) is 32.4 Å². The number of carbonyl (C=O) groups excluding carboxylic acids is 1. The zero-order valence-corrected chi connectivity index (χ0v) is 12.6. The van der Waals surface area contributed by atoms with Gasteiger partial charge >= 0.3 is 5.69 Å². The smallest absolute Gasteiger partial charge is 0.332 e. The van der Waals surface area contributed by atoms with Crippen molar-refractivity contribution in [3.8, 4) is 6.07 Å². The fourth-order valence-electron chi connectivity index (χ4n) is 2.00. The van der Waals surface area contributed by atoms with Gasteiger partial charge in [0.2, 0.25) is 0 Å². The van der Waals surface area contributed by atoms with Crippen molar-refractivity contribution in [2.75, 3.05) is 18.4 Å². The maximum atomic E-state index is 11.9. The molecule has 0 bridgehead atoms. The molecular weight excluding hydrogens is 302 g/mol. The van der Waals surface area contributed by atoms with Gasteiger partial charge in [0.05, 0.1) is 6.26 Å². The molecule has 23 heavy (non-hydrogen) atoms. The predicted molar refractivity (Wildman–Crippen MR) is 81.2 cm³/mol. The van der Waals surface area contributed by atoms with Gasteiger partial charge < -0.3 is 15.1 Å². The summed E-state index contributed by atoms with van der Waals surface area (Å²) in [5, 5.41) is 14.5. The number of furan rings is 1. The number of nitrogens with one attached hydrogen (secondary N) is 2. The SMILES string of the molecule is Cn1c(NCCNC(=O)c2ccco2)c(C#N)c(=O)n(C)c1=O. The van der Waals surface area contributed by atoms with E-state index in [-0.39, 0.29) is 36.1 Å². The molecule has 120 valence electrons. The second kappa shape index (κ2) is 6.65. The number of amides is 1. The Labute approximate surface area is 130 Å². The van der Waals surface area contributed by atoms with Crippen LogP contribution < -0.4 is 21.9 Å². The Balaban J connectivity index is 2.07. The summed E-state index contributed by atoms with van der Waals surface area (Å²) in [4.78, 5) is 35.4. The van der Waals surface area contributed by atoms with Gasteiger partial charge in [-0.1, -0.05) is 0 Å². The molecule has 2 aromatic heterocycles. The summed E-state index contributed by atoms with van der Waals surface area (Å²) in [6.45, 7) is 0.440. The molecule has 0 aromatic carbocycles. The van der Waals surface area contributed by atoms with E-state index in [1.54, 1.807) is 12.1 Å². The molecule has 2 heterocycles. The van der Waals surface area contributed by atoms with E-state index in [4.69, 9.17) is 9.68 Å². The zero-order valence-electron chi connectivity index (χ0n) is 12.6. The first kappa shape index (κ1) is 16.1. The third-order valence-electron chi connectivity index (χ3n) is 3.22. The third-order valence-corrected chi connectivity index (χ3v) is 3.22. The minimum Gasteiger partial charge on any atom is -0.459 e. The maximum Gasteiger partial charge on any atom is 0.332 e. The average molecular weight is 317 g/mol. The first-order valence-corrected chi connectivity index (χ1v) is 6.73. The number of hydrogen-bond acceptors (Lipinski definition) is 6. The number of nitriles is 1. The molecule has 9 nitrogen and oxygen atoms in total. The quantitative estimate of drug-likeness (QED) is 0.709. The fraction of sp³-hybridized carbons (Fsp3) is 0.286. The molecule has 0 unspecified atom stereocenters. The monoisotopic (exact) mass is 317 g/mol. The van der Waals surface area contributed by atoms with Gasteiger partial charge in [0.25, 0.3) is 11.5 Å². The van der Waals surface area contributed by atoms with Crippen molar-refractivity contribution in [1.29, 1.82) is 5.26 Å². The normalized spacial score (nSPS) is 10.1. The molecule has 0 aliphatic heterocycles. The molecular formula is C14H15N5O4. The lowest BCUT2D eigenvalue weighted by molar-refractivity contribution is 0.0927. The highest BCUT2D eigenvalue weighted by Crippen LogP contribution is 2.06. The summed E-state index contributed by atoms with van der Waals surface area (Å²) in [5.74, 6) is -0.0771. The molecule has 9 heteroatoms. The van der Waals surface area contributed by atoms with Crippen LogP contribution in [0.3, 0.4) is 0 Å². The molecule has 2 aromatic rings. The average Bonchev–Trinajstić information content (AvgIpc) is 3.08. The number of carbonyl (C=O) groups is 1. The largest absolute Gasteiger partial charge is 0.459 e. The van der Waals surface area contributed by atoms with Crippen molar-refractivity contribution in [3.05, 3.63) is 50.6 Å². The van der Waals surface area contributed by atoms with Crippen LogP contribution >= 0.6 is 0 Å². The Kier molecular flexibility index (Phi) is 4.66. The van der Waals surface area contributed by atoms with E-state index in [9.17, 15) is 14.4 Å². The summed E-state index contributed by atoms with van der Waals surface area (Å²) in [6, 6.07) is 4.91. The van der Waals surface area contributed by atoms with E-state index in [2.05, 4.69) is 10.6 Å². The molecule has 2 rings (SSSR count). The molecule has 0 saturated carbocycles. The minimum absolute atomic E-state index is 0.118. The van der Waals surface area contributed by atoms with Crippen molar-refractivity contribution in [1.82, 2.24) is 14.5 Å². The van der Waals surface area contributed by atoms with Crippen molar-refractivity contribution in [3.63, 3.8) is 0 Å². The lowest BCUT2D eigenvalue weighted by Gasteiger charge is -2.13. The number of rotatable bonds is 5. The van der Waals surface area contributed by atoms with Crippen LogP contribution in [0.25, 0.3) is 0 Å². The zero-order chi connectivity index (χ0) is 17.0. The highest BCUT2D eigenvalue weighted by molar-refractivity contribution is 5.91. The van der Waals surface area contributed by atoms with Gasteiger partial charge in [-0.05, 0) is 12.1 Å². The highest BCUT2D eigenvalue weighted by Gasteiger charge is 2.15. The number of aromatic nitrogens is 2. The second-order valence-electron chi connectivity index (χ2n) is 4.70. The molecule has 0 spiro atoms. The van der Waals surface area contributed by atoms with Crippen LogP contribution in [0.4, 0.5) is 5.82 Å². The van der Waals surface area contributed by atoms with Crippen molar-refractivity contribution < 1.29 is 9.21 Å². The maximum absolute atomic E-state index is 11.9. The van der Waals surface area contributed by atoms with Gasteiger partial charge in [0.15, 0.2) is 11.3 Å². The molecule has 0 aliphatic rings. The molecule has 0 aliphatic carbocycles. The number of hydrogen-bond donors (Lipinski definition) is 2. The van der Waals surface area contributed by atoms with Crippen LogP contribution in [-0.2, 0) is 14.1 Å². The summed E-state index contributed by atoms with van der Waals surface area (Å²) in [5.41, 5.74) is -1.37. The molecule has 2 N–H and O–H groups in total. The standard InChI is InChI=1S/C14H15N5O4/c1-18-11(9(8-15)13(21)19(2)14(18)22)16-5-6-17-12(20)10-4-3-7-23-10/h3-4,7,16H,5-6H2,1-2H3,(H,17,20). The third kappa shape index (κ3) is 3.16. The van der Waals surface area contributed by atoms with E-state index in [1.165, 1.54) is 31.0 Å². The minimum atomic E-state index is -0.669. The van der Waals surface area contributed by atoms with Gasteiger partial charge in [0, 0.05) is 27.2 Å². The van der Waals surface area contributed by atoms with Gasteiger partial charge in [-0.15, -0.1) is 0 Å². The Morgan fingerprint density at radius 3 is 2.65 bits per heavy atom. The topological polar surface area (TPSA) is 122 Å². The van der Waals surface area contributed by atoms with E-state index in [1.807, 2.05) is 0 Å². The van der Waals surface area contributed by atoms with Crippen LogP contribution in [0, 0.1) is 11.3 Å². The number of anilines is 1. The van der Waals surface area contributed by atoms with E-state index >= 15 is 0 Å². The van der Waals surface area contributed by atoms with E-state index < -0.39 is 11.2 Å². The van der Waals surface area contributed by atoms with Crippen LogP contribution in [0.2, 0.25) is 0 Å². The van der Waals surface area contributed by atoms with Gasteiger partial charge in [-0.3, -0.25) is 18.7 Å². The van der Waals surface area contributed by atoms with Gasteiger partial charge in [-0.2, -0.15) is 5.26 Å². The van der Waals surface area contributed by atoms with Crippen molar-refractivity contribution in [2.24, 2.45) is 14.1 Å². The summed E-state index contributed by atoms with van der Waals surface area (Å²) in [6.07, 6.45) is 1.39. The lowest BCUT2D eigenvalue weighted by atomic mass is 10.3. The molecule has 0 atom stereocenters. The Morgan fingerprint density at radius 2 is 2.04 bits per heavy atom. The molecule has 0 fully saturated rings. The van der Waals surface area contributed by atoms with Crippen molar-refractivity contribution in [2.45, 2.75) is 0 Å². The fourth-order valence-corrected chi connectivity index (χ4v) is 2.00. The number of nitrogens with zero attached hydrogens (tertiary/aromatic N) is 3. The van der Waals surface area contributed by atoms with E-state index in [0.717, 1.165) is 4.57 Å². The first-order valence-electron chi connectivity index (χ1n) is 6.73. The van der Waals surface area contributed by atoms with Gasteiger partial charge in [-0.25, -0.2) is 4.79 Å². The van der Waals surface area contributed by atoms with Crippen molar-refractivity contribution >= 4 is 11.7 Å².